The normalized spacial score (nSPS) is 31.2. The number of hydrazone groups is 1. The molecule has 9 heteroatoms. The first-order valence-electron chi connectivity index (χ1n) is 5.78. The molecular weight excluding hydrogens is 240 g/mol. The van der Waals surface area contributed by atoms with Gasteiger partial charge < -0.3 is 9.84 Å². The van der Waals surface area contributed by atoms with Crippen molar-refractivity contribution in [2.45, 2.75) is 25.2 Å². The topological polar surface area (TPSA) is 110 Å². The maximum Gasteiger partial charge on any atom is 0.202 e. The second kappa shape index (κ2) is 4.28. The molecule has 0 spiro atoms. The summed E-state index contributed by atoms with van der Waals surface area (Å²) in [4.78, 5) is 0. The Balaban J connectivity index is 1.77. The van der Waals surface area contributed by atoms with Gasteiger partial charge in [-0.15, -0.1) is 5.10 Å². The predicted octanol–water partition coefficient (Wildman–Crippen LogP) is -1.70. The zero-order valence-electron chi connectivity index (χ0n) is 9.73. The van der Waals surface area contributed by atoms with Crippen molar-refractivity contribution >= 4 is 5.84 Å². The molecule has 0 radical (unpaired) electrons. The molecule has 18 heavy (non-hydrogen) atoms. The number of ether oxygens (including phenoxy) is 1. The fourth-order valence-corrected chi connectivity index (χ4v) is 2.28. The fourth-order valence-electron chi connectivity index (χ4n) is 2.28. The summed E-state index contributed by atoms with van der Waals surface area (Å²) in [6.45, 7) is 0.162. The second-order valence-electron chi connectivity index (χ2n) is 4.45. The highest BCUT2D eigenvalue weighted by molar-refractivity contribution is 5.98. The highest BCUT2D eigenvalue weighted by atomic mass is 16.5. The van der Waals surface area contributed by atoms with E-state index in [1.807, 2.05) is 0 Å². The van der Waals surface area contributed by atoms with Gasteiger partial charge in [0.2, 0.25) is 5.84 Å². The van der Waals surface area contributed by atoms with Crippen LogP contribution in [0.5, 0.6) is 0 Å². The molecule has 0 bridgehead atoms. The van der Waals surface area contributed by atoms with Gasteiger partial charge in [0.15, 0.2) is 6.23 Å². The predicted molar refractivity (Wildman–Crippen MR) is 60.0 cm³/mol. The summed E-state index contributed by atoms with van der Waals surface area (Å²) in [7, 11) is 0. The van der Waals surface area contributed by atoms with Crippen LogP contribution in [0, 0.1) is 0 Å². The number of rotatable bonds is 2. The van der Waals surface area contributed by atoms with Gasteiger partial charge >= 0.3 is 0 Å². The standard InChI is InChI=1S/C9H16N6O3/c10-13-3-7-9(14(17)5-13)11-12-15(7)8-2-1-6(4-16)18-8/h3,6,8,12,16-17H,1-2,4-5,10H2/t6-,8-/m0/s1. The van der Waals surface area contributed by atoms with E-state index in [0.717, 1.165) is 17.9 Å². The Labute approximate surface area is 104 Å². The molecule has 0 amide bonds. The number of aliphatic hydroxyl groups is 1. The largest absolute Gasteiger partial charge is 0.394 e. The van der Waals surface area contributed by atoms with Gasteiger partial charge in [0, 0.05) is 6.20 Å². The Kier molecular flexibility index (Phi) is 2.74. The molecule has 0 aromatic heterocycles. The molecule has 3 heterocycles. The fraction of sp³-hybridized carbons (Fsp3) is 0.667. The van der Waals surface area contributed by atoms with Gasteiger partial charge in [-0.05, 0) is 12.8 Å². The quantitative estimate of drug-likeness (QED) is 0.433. The van der Waals surface area contributed by atoms with Crippen molar-refractivity contribution in [2.75, 3.05) is 13.3 Å². The van der Waals surface area contributed by atoms with E-state index in [0.29, 0.717) is 11.5 Å². The van der Waals surface area contributed by atoms with Crippen molar-refractivity contribution < 1.29 is 15.1 Å². The minimum atomic E-state index is -0.227. The smallest absolute Gasteiger partial charge is 0.202 e. The minimum absolute atomic E-state index is 0.00619. The third kappa shape index (κ3) is 1.77. The summed E-state index contributed by atoms with van der Waals surface area (Å²) in [5.41, 5.74) is 3.45. The number of nitrogens with two attached hydrogens (primary N) is 1. The van der Waals surface area contributed by atoms with Crippen LogP contribution in [-0.2, 0) is 4.74 Å². The minimum Gasteiger partial charge on any atom is -0.394 e. The van der Waals surface area contributed by atoms with Crippen LogP contribution in [0.4, 0.5) is 0 Å². The Morgan fingerprint density at radius 2 is 2.39 bits per heavy atom. The Hall–Kier alpha value is -1.55. The van der Waals surface area contributed by atoms with E-state index in [4.69, 9.17) is 15.7 Å². The molecule has 0 aromatic carbocycles. The first kappa shape index (κ1) is 11.5. The summed E-state index contributed by atoms with van der Waals surface area (Å²) in [5.74, 6) is 6.07. The number of amidine groups is 1. The average Bonchev–Trinajstić information content (AvgIpc) is 2.93. The molecule has 1 fully saturated rings. The highest BCUT2D eigenvalue weighted by Gasteiger charge is 2.38. The molecule has 3 aliphatic rings. The summed E-state index contributed by atoms with van der Waals surface area (Å²) in [5, 5.41) is 26.8. The van der Waals surface area contributed by atoms with Crippen molar-refractivity contribution in [3.05, 3.63) is 11.9 Å². The van der Waals surface area contributed by atoms with Gasteiger partial charge in [0.1, 0.15) is 12.4 Å². The van der Waals surface area contributed by atoms with Crippen LogP contribution in [0.1, 0.15) is 12.8 Å². The molecule has 0 aromatic rings. The van der Waals surface area contributed by atoms with Crippen molar-refractivity contribution in [2.24, 2.45) is 10.9 Å². The monoisotopic (exact) mass is 256 g/mol. The number of hydrazine groups is 2. The van der Waals surface area contributed by atoms with Crippen LogP contribution in [0.2, 0.25) is 0 Å². The lowest BCUT2D eigenvalue weighted by molar-refractivity contribution is -0.0743. The zero-order valence-corrected chi connectivity index (χ0v) is 9.73. The Morgan fingerprint density at radius 1 is 1.56 bits per heavy atom. The van der Waals surface area contributed by atoms with Gasteiger partial charge in [0.25, 0.3) is 0 Å². The summed E-state index contributed by atoms with van der Waals surface area (Å²) < 4.78 is 5.65. The third-order valence-electron chi connectivity index (χ3n) is 3.16. The molecule has 0 unspecified atom stereocenters. The van der Waals surface area contributed by atoms with E-state index in [-0.39, 0.29) is 25.6 Å². The Bertz CT molecular complexity index is 400. The maximum absolute atomic E-state index is 9.70. The molecule has 2 atom stereocenters. The van der Waals surface area contributed by atoms with E-state index < -0.39 is 0 Å². The van der Waals surface area contributed by atoms with Gasteiger partial charge in [-0.25, -0.2) is 21.4 Å². The van der Waals surface area contributed by atoms with Crippen molar-refractivity contribution in [3.63, 3.8) is 0 Å². The van der Waals surface area contributed by atoms with Crippen LogP contribution < -0.4 is 11.4 Å². The first-order valence-corrected chi connectivity index (χ1v) is 5.78. The second-order valence-corrected chi connectivity index (χ2v) is 4.45. The van der Waals surface area contributed by atoms with E-state index in [9.17, 15) is 5.21 Å². The zero-order chi connectivity index (χ0) is 12.7. The molecule has 0 saturated carbocycles. The number of hydrogen-bond donors (Lipinski definition) is 4. The van der Waals surface area contributed by atoms with Gasteiger partial charge in [-0.3, -0.25) is 10.2 Å². The van der Waals surface area contributed by atoms with Gasteiger partial charge in [-0.1, -0.05) is 0 Å². The number of fused-ring (bicyclic) bond motifs is 1. The Morgan fingerprint density at radius 3 is 3.11 bits per heavy atom. The molecule has 0 aliphatic carbocycles. The van der Waals surface area contributed by atoms with E-state index in [2.05, 4.69) is 10.6 Å². The number of hydrogen-bond acceptors (Lipinski definition) is 9. The average molecular weight is 256 g/mol. The molecule has 5 N–H and O–H groups in total. The number of nitrogens with one attached hydrogen (secondary N) is 1. The number of aliphatic hydroxyl groups excluding tert-OH is 1. The van der Waals surface area contributed by atoms with Crippen molar-refractivity contribution in [1.82, 2.24) is 20.6 Å². The SMILES string of the molecule is NN1C=C2C(=NNN2[C@@H]2CC[C@@H](CO)O2)N(O)C1. The van der Waals surface area contributed by atoms with Crippen LogP contribution in [0.3, 0.4) is 0 Å². The van der Waals surface area contributed by atoms with E-state index >= 15 is 0 Å². The van der Waals surface area contributed by atoms with Crippen LogP contribution >= 0.6 is 0 Å². The lowest BCUT2D eigenvalue weighted by Crippen LogP contribution is -2.49. The molecule has 1 saturated heterocycles. The van der Waals surface area contributed by atoms with Crippen LogP contribution in [0.15, 0.2) is 17.0 Å². The summed E-state index contributed by atoms with van der Waals surface area (Å²) >= 11 is 0. The first-order chi connectivity index (χ1) is 8.69. The molecule has 3 rings (SSSR count). The van der Waals surface area contributed by atoms with Crippen molar-refractivity contribution in [1.29, 1.82) is 0 Å². The lowest BCUT2D eigenvalue weighted by Gasteiger charge is -2.32. The third-order valence-corrected chi connectivity index (χ3v) is 3.16. The van der Waals surface area contributed by atoms with E-state index in [1.54, 1.807) is 11.2 Å². The summed E-state index contributed by atoms with van der Waals surface area (Å²) in [6.07, 6.45) is 2.87. The van der Waals surface area contributed by atoms with Gasteiger partial charge in [-0.2, -0.15) is 0 Å². The number of nitrogens with zero attached hydrogens (tertiary/aromatic N) is 4. The number of hydroxylamine groups is 2. The molecule has 9 nitrogen and oxygen atoms in total. The molecule has 3 aliphatic heterocycles. The van der Waals surface area contributed by atoms with Crippen LogP contribution in [-0.4, -0.2) is 56.8 Å². The lowest BCUT2D eigenvalue weighted by atomic mass is 10.2. The van der Waals surface area contributed by atoms with Crippen LogP contribution in [0.25, 0.3) is 0 Å². The maximum atomic E-state index is 9.70. The van der Waals surface area contributed by atoms with E-state index in [1.165, 1.54) is 5.01 Å². The molecule has 100 valence electrons. The summed E-state index contributed by atoms with van der Waals surface area (Å²) in [6, 6.07) is 0. The van der Waals surface area contributed by atoms with Gasteiger partial charge in [0.05, 0.1) is 12.7 Å². The van der Waals surface area contributed by atoms with Crippen molar-refractivity contribution in [3.8, 4) is 0 Å². The highest BCUT2D eigenvalue weighted by Crippen LogP contribution is 2.28. The molecular formula is C9H16N6O3.